The molecule has 0 aliphatic heterocycles. The van der Waals surface area contributed by atoms with Crippen LogP contribution in [0.25, 0.3) is 0 Å². The van der Waals surface area contributed by atoms with Crippen molar-refractivity contribution in [3.63, 3.8) is 0 Å². The van der Waals surface area contributed by atoms with Crippen LogP contribution in [-0.4, -0.2) is 17.5 Å². The van der Waals surface area contributed by atoms with Gasteiger partial charge in [0.15, 0.2) is 0 Å². The summed E-state index contributed by atoms with van der Waals surface area (Å²) < 4.78 is 0. The molecule has 0 saturated carbocycles. The van der Waals surface area contributed by atoms with Crippen molar-refractivity contribution in [2.45, 2.75) is 19.4 Å². The van der Waals surface area contributed by atoms with Gasteiger partial charge < -0.3 is 9.90 Å². The highest BCUT2D eigenvalue weighted by atomic mass is 16.3. The summed E-state index contributed by atoms with van der Waals surface area (Å²) in [6.45, 7) is 1.89. The molecule has 0 unspecified atom stereocenters. The fraction of sp³-hybridized carbons (Fsp3) is 0.375. The first-order chi connectivity index (χ1) is 4.81. The predicted octanol–water partition coefficient (Wildman–Crippen LogP) is 0.773. The third-order valence-electron chi connectivity index (χ3n) is 1.05. The quantitative estimate of drug-likeness (QED) is 0.437. The number of hydrogen-bond acceptors (Lipinski definition) is 2. The molecule has 0 aliphatic rings. The van der Waals surface area contributed by atoms with E-state index in [1.807, 2.05) is 6.92 Å². The minimum Gasteiger partial charge on any atom is -0.393 e. The maximum atomic E-state index is 9.74. The Labute approximate surface area is 62.2 Å². The number of rotatable bonds is 6. The summed E-state index contributed by atoms with van der Waals surface area (Å²) in [6.07, 6.45) is 7.26. The van der Waals surface area contributed by atoms with E-state index in [2.05, 4.69) is 0 Å². The number of carbonyl (C=O) groups excluding carboxylic acids is 1. The summed E-state index contributed by atoms with van der Waals surface area (Å²) in [5, 5.41) is 8.95. The number of aliphatic hydroxyl groups excluding tert-OH is 1. The minimum absolute atomic E-state index is 0.392. The number of aldehydes is 1. The van der Waals surface area contributed by atoms with Gasteiger partial charge in [-0.25, -0.2) is 0 Å². The van der Waals surface area contributed by atoms with E-state index >= 15 is 0 Å². The maximum absolute atomic E-state index is 9.74. The lowest BCUT2D eigenvalue weighted by Crippen LogP contribution is -2.05. The van der Waals surface area contributed by atoms with E-state index in [1.165, 1.54) is 6.42 Å². The van der Waals surface area contributed by atoms with E-state index < -0.39 is 6.10 Å². The van der Waals surface area contributed by atoms with Gasteiger partial charge >= 0.3 is 0 Å². The van der Waals surface area contributed by atoms with Crippen LogP contribution in [0.15, 0.2) is 0 Å². The lowest BCUT2D eigenvalue weighted by atomic mass is 10.1. The van der Waals surface area contributed by atoms with Crippen molar-refractivity contribution in [2.75, 3.05) is 0 Å². The van der Waals surface area contributed by atoms with Crippen molar-refractivity contribution in [1.82, 2.24) is 0 Å². The van der Waals surface area contributed by atoms with Gasteiger partial charge in [0.25, 0.3) is 0 Å². The Morgan fingerprint density at radius 2 is 2.10 bits per heavy atom. The third kappa shape index (κ3) is 5.76. The van der Waals surface area contributed by atoms with E-state index in [0.29, 0.717) is 12.7 Å². The van der Waals surface area contributed by atoms with Crippen LogP contribution >= 0.6 is 0 Å². The van der Waals surface area contributed by atoms with Crippen LogP contribution in [0.5, 0.6) is 0 Å². The summed E-state index contributed by atoms with van der Waals surface area (Å²) in [4.78, 5) is 9.74. The molecule has 0 aliphatic carbocycles. The Morgan fingerprint density at radius 1 is 1.40 bits per heavy atom. The van der Waals surface area contributed by atoms with E-state index in [9.17, 15) is 4.79 Å². The Morgan fingerprint density at radius 3 is 2.60 bits per heavy atom. The monoisotopic (exact) mass is 140 g/mol. The van der Waals surface area contributed by atoms with Crippen molar-refractivity contribution in [3.8, 4) is 0 Å². The highest BCUT2D eigenvalue weighted by Crippen LogP contribution is 2.00. The Hall–Kier alpha value is -0.370. The normalized spacial score (nSPS) is 13.0. The molecule has 0 fully saturated rings. The lowest BCUT2D eigenvalue weighted by molar-refractivity contribution is -0.105. The molecule has 2 nitrogen and oxygen atoms in total. The number of aliphatic hydroxyl groups is 1. The zero-order chi connectivity index (χ0) is 7.82. The Balaban J connectivity index is 2.95. The molecule has 0 heterocycles. The minimum atomic E-state index is -0.392. The molecule has 10 heavy (non-hydrogen) atoms. The van der Waals surface area contributed by atoms with Crippen LogP contribution in [0.1, 0.15) is 13.3 Å². The van der Waals surface area contributed by atoms with E-state index in [-0.39, 0.29) is 0 Å². The van der Waals surface area contributed by atoms with Gasteiger partial charge in [0.1, 0.15) is 6.29 Å². The zero-order valence-corrected chi connectivity index (χ0v) is 6.03. The summed E-state index contributed by atoms with van der Waals surface area (Å²) in [6, 6.07) is 0. The molecule has 56 valence electrons. The fourth-order valence-electron chi connectivity index (χ4n) is 0.438. The summed E-state index contributed by atoms with van der Waals surface area (Å²) in [7, 11) is 0. The van der Waals surface area contributed by atoms with Gasteiger partial charge in [-0.15, -0.1) is 0 Å². The number of carbonyl (C=O) groups is 1. The summed E-state index contributed by atoms with van der Waals surface area (Å²) in [5.41, 5.74) is 0. The van der Waals surface area contributed by atoms with Crippen LogP contribution in [0.3, 0.4) is 0 Å². The molecule has 0 aromatic heterocycles. The molecule has 4 radical (unpaired) electrons. The molecule has 0 spiro atoms. The van der Waals surface area contributed by atoms with Gasteiger partial charge in [0.05, 0.1) is 6.10 Å². The Bertz CT molecular complexity index is 81.3. The largest absolute Gasteiger partial charge is 0.393 e. The summed E-state index contributed by atoms with van der Waals surface area (Å²) in [5.74, 6) is 0. The van der Waals surface area contributed by atoms with Crippen molar-refractivity contribution >= 4 is 6.29 Å². The maximum Gasteiger partial charge on any atom is 0.124 e. The van der Waals surface area contributed by atoms with Crippen molar-refractivity contribution < 1.29 is 9.90 Å². The molecule has 0 amide bonds. The smallest absolute Gasteiger partial charge is 0.124 e. The van der Waals surface area contributed by atoms with Crippen LogP contribution in [0.4, 0.5) is 0 Å². The number of hydrogen-bond donors (Lipinski definition) is 1. The van der Waals surface area contributed by atoms with Gasteiger partial charge in [-0.2, -0.15) is 0 Å². The number of unbranched alkanes of at least 4 members (excludes halogenated alkanes) is 2. The molecular weight excluding hydrogens is 128 g/mol. The first-order valence-corrected chi connectivity index (χ1v) is 3.28. The van der Waals surface area contributed by atoms with E-state index in [4.69, 9.17) is 5.11 Å². The molecule has 0 saturated heterocycles. The van der Waals surface area contributed by atoms with Gasteiger partial charge in [0, 0.05) is 6.42 Å². The van der Waals surface area contributed by atoms with E-state index in [0.717, 1.165) is 0 Å². The second kappa shape index (κ2) is 6.75. The van der Waals surface area contributed by atoms with Crippen LogP contribution in [0, 0.1) is 25.7 Å². The second-order valence-corrected chi connectivity index (χ2v) is 1.88. The Kier molecular flexibility index (Phi) is 6.50. The van der Waals surface area contributed by atoms with Gasteiger partial charge in [-0.3, -0.25) is 0 Å². The molecule has 1 atom stereocenters. The van der Waals surface area contributed by atoms with Crippen LogP contribution in [0.2, 0.25) is 0 Å². The fourth-order valence-corrected chi connectivity index (χ4v) is 0.438. The molecular formula is C8H12O2. The van der Waals surface area contributed by atoms with Crippen LogP contribution in [-0.2, 0) is 4.79 Å². The van der Waals surface area contributed by atoms with Gasteiger partial charge in [0.2, 0.25) is 0 Å². The van der Waals surface area contributed by atoms with Gasteiger partial charge in [-0.05, 0) is 25.7 Å². The zero-order valence-electron chi connectivity index (χ0n) is 6.03. The molecule has 0 aromatic carbocycles. The topological polar surface area (TPSA) is 37.3 Å². The second-order valence-electron chi connectivity index (χ2n) is 1.88. The standard InChI is InChI=1S/C8H12O2/c1-2-8(10)6-4-3-5-7-9/h3-8,10H,2H2,1H3/t8-/m1/s1. The van der Waals surface area contributed by atoms with Gasteiger partial charge in [-0.1, -0.05) is 6.92 Å². The highest BCUT2D eigenvalue weighted by molar-refractivity contribution is 5.64. The van der Waals surface area contributed by atoms with Crippen molar-refractivity contribution in [1.29, 1.82) is 0 Å². The average molecular weight is 140 g/mol. The molecule has 1 N–H and O–H groups in total. The molecule has 0 aromatic rings. The lowest BCUT2D eigenvalue weighted by Gasteiger charge is -2.03. The molecule has 2 heteroatoms. The van der Waals surface area contributed by atoms with Crippen LogP contribution < -0.4 is 0 Å². The SMILES string of the molecule is CC[C@@H](O)[CH][CH][CH][CH]C=O. The first kappa shape index (κ1) is 9.63. The molecule has 0 rings (SSSR count). The third-order valence-corrected chi connectivity index (χ3v) is 1.05. The first-order valence-electron chi connectivity index (χ1n) is 3.28. The van der Waals surface area contributed by atoms with E-state index in [1.54, 1.807) is 19.3 Å². The highest BCUT2D eigenvalue weighted by Gasteiger charge is 1.99. The predicted molar refractivity (Wildman–Crippen MR) is 39.6 cm³/mol. The van der Waals surface area contributed by atoms with Crippen molar-refractivity contribution in [2.24, 2.45) is 0 Å². The average Bonchev–Trinajstić information content (AvgIpc) is 1.98. The van der Waals surface area contributed by atoms with Crippen molar-refractivity contribution in [3.05, 3.63) is 25.7 Å². The molecule has 0 bridgehead atoms. The summed E-state index contributed by atoms with van der Waals surface area (Å²) >= 11 is 0.